The van der Waals surface area contributed by atoms with Gasteiger partial charge >= 0.3 is 0 Å². The van der Waals surface area contributed by atoms with Crippen LogP contribution in [-0.2, 0) is 9.59 Å². The van der Waals surface area contributed by atoms with Gasteiger partial charge in [0.2, 0.25) is 11.8 Å². The second kappa shape index (κ2) is 6.94. The Balaban J connectivity index is 1.85. The molecule has 1 fully saturated rings. The van der Waals surface area contributed by atoms with Crippen molar-refractivity contribution in [2.75, 3.05) is 4.90 Å². The molecule has 2 aromatic carbocycles. The van der Waals surface area contributed by atoms with E-state index in [1.165, 1.54) is 6.07 Å². The molecular formula is C17H11INO4S-. The highest BCUT2D eigenvalue weighted by Gasteiger charge is 2.40. The van der Waals surface area contributed by atoms with Gasteiger partial charge in [-0.3, -0.25) is 9.59 Å². The summed E-state index contributed by atoms with van der Waals surface area (Å²) in [7, 11) is 0. The number of aromatic carboxylic acids is 1. The maximum absolute atomic E-state index is 12.6. The number of hydrogen-bond acceptors (Lipinski definition) is 5. The molecule has 1 aliphatic rings. The molecule has 0 spiro atoms. The molecule has 0 saturated carbocycles. The van der Waals surface area contributed by atoms with E-state index in [0.717, 1.165) is 20.2 Å². The summed E-state index contributed by atoms with van der Waals surface area (Å²) in [6.45, 7) is 0. The van der Waals surface area contributed by atoms with Gasteiger partial charge < -0.3 is 9.90 Å². The molecule has 2 aromatic rings. The number of rotatable bonds is 4. The lowest BCUT2D eigenvalue weighted by molar-refractivity contribution is -0.255. The number of hydrogen-bond donors (Lipinski definition) is 0. The molecule has 1 aliphatic heterocycles. The van der Waals surface area contributed by atoms with E-state index in [-0.39, 0.29) is 23.8 Å². The average Bonchev–Trinajstić information content (AvgIpc) is 2.83. The summed E-state index contributed by atoms with van der Waals surface area (Å²) in [5, 5.41) is 10.5. The van der Waals surface area contributed by atoms with Crippen LogP contribution in [0.25, 0.3) is 0 Å². The SMILES string of the molecule is O=C([O-])c1ccccc1SC1CC(=O)N(c2ccc(I)cc2)C1=O. The van der Waals surface area contributed by atoms with Gasteiger partial charge in [0.15, 0.2) is 0 Å². The lowest BCUT2D eigenvalue weighted by atomic mass is 10.2. The molecule has 122 valence electrons. The van der Waals surface area contributed by atoms with Crippen molar-refractivity contribution < 1.29 is 19.5 Å². The first-order valence-electron chi connectivity index (χ1n) is 7.07. The summed E-state index contributed by atoms with van der Waals surface area (Å²) >= 11 is 3.23. The molecule has 1 unspecified atom stereocenters. The van der Waals surface area contributed by atoms with Crippen LogP contribution in [0, 0.1) is 3.57 Å². The fourth-order valence-electron chi connectivity index (χ4n) is 2.45. The first-order valence-corrected chi connectivity index (χ1v) is 9.02. The molecule has 24 heavy (non-hydrogen) atoms. The van der Waals surface area contributed by atoms with Gasteiger partial charge in [0, 0.05) is 20.4 Å². The first-order chi connectivity index (χ1) is 11.5. The molecule has 3 rings (SSSR count). The molecule has 7 heteroatoms. The smallest absolute Gasteiger partial charge is 0.247 e. The standard InChI is InChI=1S/C17H12INO4S/c18-10-5-7-11(8-6-10)19-15(20)9-14(16(19)21)24-13-4-2-1-3-12(13)17(22)23/h1-8,14H,9H2,(H,22,23)/p-1. The molecule has 1 saturated heterocycles. The van der Waals surface area contributed by atoms with Crippen LogP contribution in [0.5, 0.6) is 0 Å². The predicted molar refractivity (Wildman–Crippen MR) is 96.7 cm³/mol. The zero-order valence-electron chi connectivity index (χ0n) is 12.3. The zero-order valence-corrected chi connectivity index (χ0v) is 15.2. The molecule has 0 N–H and O–H groups in total. The fourth-order valence-corrected chi connectivity index (χ4v) is 3.98. The Labute approximate surface area is 156 Å². The fraction of sp³-hybridized carbons (Fsp3) is 0.118. The Bertz CT molecular complexity index is 822. The third kappa shape index (κ3) is 3.32. The van der Waals surface area contributed by atoms with E-state index in [4.69, 9.17) is 0 Å². The minimum atomic E-state index is -1.30. The molecule has 2 amide bonds. The normalized spacial score (nSPS) is 17.4. The number of carbonyl (C=O) groups excluding carboxylic acids is 3. The number of benzene rings is 2. The quantitative estimate of drug-likeness (QED) is 0.525. The summed E-state index contributed by atoms with van der Waals surface area (Å²) < 4.78 is 1.00. The second-order valence-corrected chi connectivity index (χ2v) is 7.63. The van der Waals surface area contributed by atoms with Crippen LogP contribution in [0.1, 0.15) is 16.8 Å². The van der Waals surface area contributed by atoms with E-state index in [9.17, 15) is 19.5 Å². The molecular weight excluding hydrogens is 441 g/mol. The van der Waals surface area contributed by atoms with Crippen LogP contribution < -0.4 is 10.0 Å². The van der Waals surface area contributed by atoms with Gasteiger partial charge in [-0.15, -0.1) is 11.8 Å². The molecule has 0 radical (unpaired) electrons. The monoisotopic (exact) mass is 452 g/mol. The lowest BCUT2D eigenvalue weighted by Crippen LogP contribution is -2.31. The van der Waals surface area contributed by atoms with Gasteiger partial charge in [-0.1, -0.05) is 18.2 Å². The molecule has 1 atom stereocenters. The largest absolute Gasteiger partial charge is 0.545 e. The summed E-state index contributed by atoms with van der Waals surface area (Å²) in [6, 6.07) is 13.4. The molecule has 0 bridgehead atoms. The van der Waals surface area contributed by atoms with Crippen molar-refractivity contribution in [1.82, 2.24) is 0 Å². The number of imide groups is 1. The van der Waals surface area contributed by atoms with E-state index in [1.807, 2.05) is 12.1 Å². The van der Waals surface area contributed by atoms with Crippen LogP contribution in [0.4, 0.5) is 5.69 Å². The van der Waals surface area contributed by atoms with E-state index in [2.05, 4.69) is 22.6 Å². The number of carbonyl (C=O) groups is 3. The topological polar surface area (TPSA) is 77.5 Å². The Morgan fingerprint density at radius 1 is 1.12 bits per heavy atom. The Kier molecular flexibility index (Phi) is 4.91. The van der Waals surface area contributed by atoms with Crippen LogP contribution in [0.2, 0.25) is 0 Å². The van der Waals surface area contributed by atoms with Crippen molar-refractivity contribution in [3.05, 3.63) is 57.7 Å². The van der Waals surface area contributed by atoms with Gasteiger partial charge in [0.1, 0.15) is 0 Å². The minimum absolute atomic E-state index is 0.0236. The molecule has 0 aromatic heterocycles. The first kappa shape index (κ1) is 17.0. The van der Waals surface area contributed by atoms with Gasteiger partial charge in [-0.25, -0.2) is 4.90 Å². The average molecular weight is 452 g/mol. The van der Waals surface area contributed by atoms with E-state index < -0.39 is 11.2 Å². The van der Waals surface area contributed by atoms with Gasteiger partial charge in [0.05, 0.1) is 16.9 Å². The van der Waals surface area contributed by atoms with E-state index >= 15 is 0 Å². The van der Waals surface area contributed by atoms with Gasteiger partial charge in [0.25, 0.3) is 0 Å². The third-order valence-electron chi connectivity index (χ3n) is 3.57. The van der Waals surface area contributed by atoms with Gasteiger partial charge in [-0.2, -0.15) is 0 Å². The predicted octanol–water partition coefficient (Wildman–Crippen LogP) is 2.08. The Morgan fingerprint density at radius 2 is 1.79 bits per heavy atom. The van der Waals surface area contributed by atoms with Crippen LogP contribution >= 0.6 is 34.4 Å². The summed E-state index contributed by atoms with van der Waals surface area (Å²) in [5.74, 6) is -1.92. The highest BCUT2D eigenvalue weighted by atomic mass is 127. The Morgan fingerprint density at radius 3 is 2.46 bits per heavy atom. The number of carboxylic acid groups (broad SMARTS) is 1. The number of amides is 2. The van der Waals surface area contributed by atoms with E-state index in [1.54, 1.807) is 30.3 Å². The number of halogens is 1. The van der Waals surface area contributed by atoms with Crippen LogP contribution in [0.3, 0.4) is 0 Å². The molecule has 0 aliphatic carbocycles. The highest BCUT2D eigenvalue weighted by Crippen LogP contribution is 2.35. The molecule has 1 heterocycles. The number of anilines is 1. The van der Waals surface area contributed by atoms with Crippen molar-refractivity contribution in [3.8, 4) is 0 Å². The number of nitrogens with zero attached hydrogens (tertiary/aromatic N) is 1. The summed E-state index contributed by atoms with van der Waals surface area (Å²) in [5.41, 5.74) is 0.553. The highest BCUT2D eigenvalue weighted by molar-refractivity contribution is 14.1. The van der Waals surface area contributed by atoms with Crippen molar-refractivity contribution in [2.24, 2.45) is 0 Å². The lowest BCUT2D eigenvalue weighted by Gasteiger charge is -2.16. The maximum Gasteiger partial charge on any atom is 0.247 e. The van der Waals surface area contributed by atoms with Crippen LogP contribution in [-0.4, -0.2) is 23.0 Å². The zero-order chi connectivity index (χ0) is 17.3. The summed E-state index contributed by atoms with van der Waals surface area (Å²) in [6.07, 6.45) is 0.0386. The van der Waals surface area contributed by atoms with Crippen molar-refractivity contribution >= 4 is 57.8 Å². The minimum Gasteiger partial charge on any atom is -0.545 e. The van der Waals surface area contributed by atoms with Crippen molar-refractivity contribution in [1.29, 1.82) is 0 Å². The van der Waals surface area contributed by atoms with E-state index in [0.29, 0.717) is 10.6 Å². The van der Waals surface area contributed by atoms with Gasteiger partial charge in [-0.05, 0) is 52.9 Å². The van der Waals surface area contributed by atoms with Crippen LogP contribution in [0.15, 0.2) is 53.4 Å². The number of carboxylic acids is 1. The van der Waals surface area contributed by atoms with Crippen molar-refractivity contribution in [2.45, 2.75) is 16.6 Å². The Hall–Kier alpha value is -1.87. The second-order valence-electron chi connectivity index (χ2n) is 5.14. The summed E-state index contributed by atoms with van der Waals surface area (Å²) in [4.78, 5) is 37.6. The number of thioether (sulfide) groups is 1. The third-order valence-corrected chi connectivity index (χ3v) is 5.55. The maximum atomic E-state index is 12.6. The molecule has 5 nitrogen and oxygen atoms in total. The van der Waals surface area contributed by atoms with Crippen molar-refractivity contribution in [3.63, 3.8) is 0 Å².